The Morgan fingerprint density at radius 1 is 1.35 bits per heavy atom. The SMILES string of the molecule is CC(C(=O)NC(N)=O)N1C[C@H]2CNC[C@H]2C1.Cl. The van der Waals surface area contributed by atoms with Gasteiger partial charge in [-0.2, -0.15) is 0 Å². The minimum Gasteiger partial charge on any atom is -0.351 e. The third kappa shape index (κ3) is 3.08. The quantitative estimate of drug-likeness (QED) is 0.605. The van der Waals surface area contributed by atoms with Gasteiger partial charge in [0, 0.05) is 13.1 Å². The van der Waals surface area contributed by atoms with E-state index in [1.807, 2.05) is 6.92 Å². The number of halogens is 1. The van der Waals surface area contributed by atoms with Crippen LogP contribution in [0.3, 0.4) is 0 Å². The molecule has 0 saturated carbocycles. The number of primary amides is 1. The number of carbonyl (C=O) groups is 2. The molecule has 3 atom stereocenters. The number of urea groups is 1. The van der Waals surface area contributed by atoms with Crippen LogP contribution in [-0.4, -0.2) is 49.1 Å². The van der Waals surface area contributed by atoms with E-state index in [-0.39, 0.29) is 24.4 Å². The minimum absolute atomic E-state index is 0. The maximum atomic E-state index is 11.6. The molecule has 17 heavy (non-hydrogen) atoms. The number of fused-ring (bicyclic) bond motifs is 1. The molecule has 2 aliphatic heterocycles. The van der Waals surface area contributed by atoms with Gasteiger partial charge in [-0.25, -0.2) is 4.79 Å². The van der Waals surface area contributed by atoms with Crippen molar-refractivity contribution in [3.05, 3.63) is 0 Å². The molecule has 2 heterocycles. The van der Waals surface area contributed by atoms with Gasteiger partial charge in [-0.15, -0.1) is 12.4 Å². The summed E-state index contributed by atoms with van der Waals surface area (Å²) in [5.74, 6) is 0.980. The van der Waals surface area contributed by atoms with Crippen LogP contribution >= 0.6 is 12.4 Å². The molecule has 0 aromatic heterocycles. The van der Waals surface area contributed by atoms with E-state index in [0.29, 0.717) is 11.8 Å². The van der Waals surface area contributed by atoms with Crippen LogP contribution in [0, 0.1) is 11.8 Å². The zero-order valence-electron chi connectivity index (χ0n) is 9.81. The number of carbonyl (C=O) groups excluding carboxylic acids is 2. The number of rotatable bonds is 2. The Morgan fingerprint density at radius 2 is 1.88 bits per heavy atom. The van der Waals surface area contributed by atoms with Gasteiger partial charge in [-0.05, 0) is 31.8 Å². The summed E-state index contributed by atoms with van der Waals surface area (Å²) < 4.78 is 0. The predicted molar refractivity (Wildman–Crippen MR) is 65.9 cm³/mol. The molecule has 3 amide bonds. The van der Waals surface area contributed by atoms with E-state index >= 15 is 0 Å². The van der Waals surface area contributed by atoms with Gasteiger partial charge in [-0.1, -0.05) is 0 Å². The summed E-state index contributed by atoms with van der Waals surface area (Å²) in [6.07, 6.45) is 0. The lowest BCUT2D eigenvalue weighted by atomic mass is 10.0. The van der Waals surface area contributed by atoms with Crippen molar-refractivity contribution in [2.45, 2.75) is 13.0 Å². The van der Waals surface area contributed by atoms with Gasteiger partial charge in [0.2, 0.25) is 5.91 Å². The van der Waals surface area contributed by atoms with Crippen molar-refractivity contribution in [1.29, 1.82) is 0 Å². The fraction of sp³-hybridized carbons (Fsp3) is 0.800. The Morgan fingerprint density at radius 3 is 2.35 bits per heavy atom. The Labute approximate surface area is 107 Å². The molecule has 6 nitrogen and oxygen atoms in total. The minimum atomic E-state index is -0.780. The van der Waals surface area contributed by atoms with Crippen molar-refractivity contribution in [2.75, 3.05) is 26.2 Å². The molecule has 4 N–H and O–H groups in total. The highest BCUT2D eigenvalue weighted by Gasteiger charge is 2.39. The fourth-order valence-corrected chi connectivity index (χ4v) is 2.60. The molecule has 2 rings (SSSR count). The number of likely N-dealkylation sites (tertiary alicyclic amines) is 1. The third-order valence-electron chi connectivity index (χ3n) is 3.59. The Bertz CT molecular complexity index is 301. The normalized spacial score (nSPS) is 29.2. The molecule has 2 fully saturated rings. The van der Waals surface area contributed by atoms with Crippen molar-refractivity contribution in [2.24, 2.45) is 17.6 Å². The average molecular weight is 263 g/mol. The van der Waals surface area contributed by atoms with Crippen LogP contribution in [0.15, 0.2) is 0 Å². The van der Waals surface area contributed by atoms with E-state index in [1.54, 1.807) is 0 Å². The van der Waals surface area contributed by atoms with Gasteiger partial charge in [0.15, 0.2) is 0 Å². The molecular formula is C10H19ClN4O2. The van der Waals surface area contributed by atoms with Gasteiger partial charge in [-0.3, -0.25) is 15.0 Å². The molecule has 0 aromatic rings. The highest BCUT2D eigenvalue weighted by molar-refractivity contribution is 5.96. The third-order valence-corrected chi connectivity index (χ3v) is 3.59. The topological polar surface area (TPSA) is 87.5 Å². The lowest BCUT2D eigenvalue weighted by Gasteiger charge is -2.23. The largest absolute Gasteiger partial charge is 0.351 e. The second-order valence-electron chi connectivity index (χ2n) is 4.66. The molecule has 2 saturated heterocycles. The lowest BCUT2D eigenvalue weighted by molar-refractivity contribution is -0.124. The van der Waals surface area contributed by atoms with E-state index < -0.39 is 6.03 Å². The summed E-state index contributed by atoms with van der Waals surface area (Å²) >= 11 is 0. The van der Waals surface area contributed by atoms with E-state index in [0.717, 1.165) is 26.2 Å². The predicted octanol–water partition coefficient (Wildman–Crippen LogP) is -0.857. The molecule has 2 aliphatic rings. The monoisotopic (exact) mass is 262 g/mol. The summed E-state index contributed by atoms with van der Waals surface area (Å²) in [6.45, 7) is 5.72. The standard InChI is InChI=1S/C10H18N4O2.ClH/c1-6(9(15)13-10(11)16)14-4-7-2-12-3-8(7)5-14;/h6-8,12H,2-5H2,1H3,(H3,11,13,15,16);1H/t6?,7-,8+;. The maximum Gasteiger partial charge on any atom is 0.318 e. The van der Waals surface area contributed by atoms with E-state index in [2.05, 4.69) is 15.5 Å². The zero-order valence-corrected chi connectivity index (χ0v) is 10.6. The fourth-order valence-electron chi connectivity index (χ4n) is 2.60. The summed E-state index contributed by atoms with van der Waals surface area (Å²) in [5, 5.41) is 5.47. The molecule has 0 spiro atoms. The number of nitrogens with one attached hydrogen (secondary N) is 2. The van der Waals surface area contributed by atoms with Gasteiger partial charge >= 0.3 is 6.03 Å². The lowest BCUT2D eigenvalue weighted by Crippen LogP contribution is -2.48. The van der Waals surface area contributed by atoms with Gasteiger partial charge in [0.1, 0.15) is 0 Å². The first kappa shape index (κ1) is 14.2. The second kappa shape index (κ2) is 5.66. The van der Waals surface area contributed by atoms with Crippen molar-refractivity contribution >= 4 is 24.3 Å². The summed E-state index contributed by atoms with van der Waals surface area (Å²) in [6, 6.07) is -1.06. The van der Waals surface area contributed by atoms with Crippen LogP contribution in [0.2, 0.25) is 0 Å². The summed E-state index contributed by atoms with van der Waals surface area (Å²) in [5.41, 5.74) is 4.92. The average Bonchev–Trinajstić information content (AvgIpc) is 2.74. The van der Waals surface area contributed by atoms with Crippen molar-refractivity contribution in [3.63, 3.8) is 0 Å². The molecule has 0 bridgehead atoms. The van der Waals surface area contributed by atoms with Crippen molar-refractivity contribution in [3.8, 4) is 0 Å². The van der Waals surface area contributed by atoms with Crippen LogP contribution in [0.5, 0.6) is 0 Å². The van der Waals surface area contributed by atoms with Crippen LogP contribution in [0.1, 0.15) is 6.92 Å². The summed E-state index contributed by atoms with van der Waals surface area (Å²) in [4.78, 5) is 24.3. The number of hydrogen-bond acceptors (Lipinski definition) is 4. The first-order valence-corrected chi connectivity index (χ1v) is 5.63. The highest BCUT2D eigenvalue weighted by Crippen LogP contribution is 2.27. The molecule has 1 unspecified atom stereocenters. The number of imide groups is 1. The first-order valence-electron chi connectivity index (χ1n) is 5.63. The number of nitrogens with two attached hydrogens (primary N) is 1. The van der Waals surface area contributed by atoms with Crippen LogP contribution < -0.4 is 16.4 Å². The molecule has 0 radical (unpaired) electrons. The Hall–Kier alpha value is -0.850. The highest BCUT2D eigenvalue weighted by atomic mass is 35.5. The molecular weight excluding hydrogens is 244 g/mol. The summed E-state index contributed by atoms with van der Waals surface area (Å²) in [7, 11) is 0. The zero-order chi connectivity index (χ0) is 11.7. The number of amides is 3. The second-order valence-corrected chi connectivity index (χ2v) is 4.66. The van der Waals surface area contributed by atoms with Gasteiger partial charge in [0.05, 0.1) is 6.04 Å². The van der Waals surface area contributed by atoms with Gasteiger partial charge in [0.25, 0.3) is 0 Å². The Balaban J connectivity index is 0.00000144. The molecule has 0 aliphatic carbocycles. The van der Waals surface area contributed by atoms with E-state index in [9.17, 15) is 9.59 Å². The smallest absolute Gasteiger partial charge is 0.318 e. The van der Waals surface area contributed by atoms with Crippen molar-refractivity contribution < 1.29 is 9.59 Å². The molecule has 0 aromatic carbocycles. The van der Waals surface area contributed by atoms with E-state index in [1.165, 1.54) is 0 Å². The van der Waals surface area contributed by atoms with Crippen LogP contribution in [-0.2, 0) is 4.79 Å². The molecule has 98 valence electrons. The van der Waals surface area contributed by atoms with Crippen LogP contribution in [0.4, 0.5) is 4.79 Å². The van der Waals surface area contributed by atoms with E-state index in [4.69, 9.17) is 5.73 Å². The van der Waals surface area contributed by atoms with Crippen LogP contribution in [0.25, 0.3) is 0 Å². The molecule has 7 heteroatoms. The van der Waals surface area contributed by atoms with Crippen molar-refractivity contribution in [1.82, 2.24) is 15.5 Å². The number of nitrogens with zero attached hydrogens (tertiary/aromatic N) is 1. The maximum absolute atomic E-state index is 11.6. The number of hydrogen-bond donors (Lipinski definition) is 3. The van der Waals surface area contributed by atoms with Gasteiger partial charge < -0.3 is 11.1 Å². The Kier molecular flexibility index (Phi) is 4.73. The first-order chi connectivity index (χ1) is 7.58.